The monoisotopic (exact) mass is 263 g/mol. The van der Waals surface area contributed by atoms with Crippen molar-refractivity contribution in [1.82, 2.24) is 5.32 Å². The first-order chi connectivity index (χ1) is 8.86. The van der Waals surface area contributed by atoms with Gasteiger partial charge in [0.05, 0.1) is 0 Å². The molecule has 2 atom stereocenters. The van der Waals surface area contributed by atoms with Crippen molar-refractivity contribution in [3.63, 3.8) is 0 Å². The normalized spacial score (nSPS) is 21.7. The molecule has 100 valence electrons. The number of rotatable bonds is 6. The summed E-state index contributed by atoms with van der Waals surface area (Å²) in [5.74, 6) is 2.03. The van der Waals surface area contributed by atoms with E-state index in [0.717, 1.165) is 11.8 Å². The van der Waals surface area contributed by atoms with Crippen molar-refractivity contribution < 1.29 is 0 Å². The molecule has 1 aromatic carbocycles. The Morgan fingerprint density at radius 2 is 2.11 bits per heavy atom. The topological polar surface area (TPSA) is 12.0 Å². The van der Waals surface area contributed by atoms with Crippen molar-refractivity contribution in [1.29, 1.82) is 0 Å². The molecule has 18 heavy (non-hydrogen) atoms. The maximum atomic E-state index is 3.63. The van der Waals surface area contributed by atoms with E-state index in [2.05, 4.69) is 54.3 Å². The third-order valence-corrected chi connectivity index (χ3v) is 5.17. The van der Waals surface area contributed by atoms with Crippen molar-refractivity contribution in [2.75, 3.05) is 18.8 Å². The van der Waals surface area contributed by atoms with E-state index < -0.39 is 0 Å². The first kappa shape index (κ1) is 14.0. The van der Waals surface area contributed by atoms with E-state index in [4.69, 9.17) is 0 Å². The molecular formula is C16H25NS. The average Bonchev–Trinajstić information content (AvgIpc) is 2.45. The average molecular weight is 263 g/mol. The highest BCUT2D eigenvalue weighted by Crippen LogP contribution is 2.24. The Bertz CT molecular complexity index is 319. The standard InChI is InChI=1S/C16H25NS/c1-14(15-7-3-2-4-8-15)10-11-17-13-16-9-5-6-12-18-16/h2-4,7-8,14,16-17H,5-6,9-13H2,1H3. The molecule has 2 unspecified atom stereocenters. The molecule has 0 saturated carbocycles. The van der Waals surface area contributed by atoms with Crippen molar-refractivity contribution in [3.8, 4) is 0 Å². The minimum Gasteiger partial charge on any atom is -0.316 e. The van der Waals surface area contributed by atoms with Crippen LogP contribution in [-0.2, 0) is 0 Å². The molecule has 0 aromatic heterocycles. The van der Waals surface area contributed by atoms with Crippen molar-refractivity contribution in [2.24, 2.45) is 0 Å². The van der Waals surface area contributed by atoms with E-state index >= 15 is 0 Å². The summed E-state index contributed by atoms with van der Waals surface area (Å²) in [5, 5.41) is 4.50. The Kier molecular flexibility index (Phi) is 6.09. The quantitative estimate of drug-likeness (QED) is 0.777. The molecule has 1 N–H and O–H groups in total. The Morgan fingerprint density at radius 1 is 1.28 bits per heavy atom. The van der Waals surface area contributed by atoms with E-state index in [0.29, 0.717) is 5.92 Å². The van der Waals surface area contributed by atoms with Gasteiger partial charge in [-0.2, -0.15) is 11.8 Å². The van der Waals surface area contributed by atoms with Crippen LogP contribution in [0.3, 0.4) is 0 Å². The summed E-state index contributed by atoms with van der Waals surface area (Å²) in [6, 6.07) is 10.8. The van der Waals surface area contributed by atoms with E-state index in [1.165, 1.54) is 43.5 Å². The van der Waals surface area contributed by atoms with Crippen molar-refractivity contribution >= 4 is 11.8 Å². The highest BCUT2D eigenvalue weighted by molar-refractivity contribution is 7.99. The molecule has 0 aliphatic carbocycles. The van der Waals surface area contributed by atoms with Gasteiger partial charge in [-0.1, -0.05) is 43.7 Å². The molecule has 1 nitrogen and oxygen atoms in total. The highest BCUT2D eigenvalue weighted by Gasteiger charge is 2.13. The van der Waals surface area contributed by atoms with Gasteiger partial charge in [0.2, 0.25) is 0 Å². The highest BCUT2D eigenvalue weighted by atomic mass is 32.2. The number of thioether (sulfide) groups is 1. The fraction of sp³-hybridized carbons (Fsp3) is 0.625. The van der Waals surface area contributed by atoms with Gasteiger partial charge in [0.15, 0.2) is 0 Å². The minimum absolute atomic E-state index is 0.665. The zero-order chi connectivity index (χ0) is 12.6. The maximum Gasteiger partial charge on any atom is 0.0172 e. The van der Waals surface area contributed by atoms with Crippen LogP contribution < -0.4 is 5.32 Å². The summed E-state index contributed by atoms with van der Waals surface area (Å²) in [6.07, 6.45) is 5.50. The summed E-state index contributed by atoms with van der Waals surface area (Å²) in [5.41, 5.74) is 1.46. The Hall–Kier alpha value is -0.470. The van der Waals surface area contributed by atoms with Gasteiger partial charge in [-0.25, -0.2) is 0 Å². The van der Waals surface area contributed by atoms with Gasteiger partial charge in [-0.05, 0) is 43.0 Å². The molecular weight excluding hydrogens is 238 g/mol. The number of nitrogens with one attached hydrogen (secondary N) is 1. The molecule has 1 saturated heterocycles. The van der Waals surface area contributed by atoms with Crippen LogP contribution in [0.5, 0.6) is 0 Å². The molecule has 0 spiro atoms. The second-order valence-electron chi connectivity index (χ2n) is 5.29. The molecule has 1 aliphatic heterocycles. The molecule has 0 bridgehead atoms. The van der Waals surface area contributed by atoms with Gasteiger partial charge in [0.25, 0.3) is 0 Å². The lowest BCUT2D eigenvalue weighted by atomic mass is 9.98. The Labute approximate surface area is 116 Å². The van der Waals surface area contributed by atoms with E-state index in [9.17, 15) is 0 Å². The summed E-state index contributed by atoms with van der Waals surface area (Å²) >= 11 is 2.16. The Morgan fingerprint density at radius 3 is 2.83 bits per heavy atom. The second kappa shape index (κ2) is 7.85. The Balaban J connectivity index is 1.60. The van der Waals surface area contributed by atoms with Crippen LogP contribution >= 0.6 is 11.8 Å². The molecule has 2 heteroatoms. The van der Waals surface area contributed by atoms with Crippen LogP contribution in [0.2, 0.25) is 0 Å². The second-order valence-corrected chi connectivity index (χ2v) is 6.70. The summed E-state index contributed by atoms with van der Waals surface area (Å²) in [6.45, 7) is 4.67. The van der Waals surface area contributed by atoms with E-state index in [1.807, 2.05) is 0 Å². The summed E-state index contributed by atoms with van der Waals surface area (Å²) < 4.78 is 0. The van der Waals surface area contributed by atoms with Crippen LogP contribution in [0.25, 0.3) is 0 Å². The summed E-state index contributed by atoms with van der Waals surface area (Å²) in [7, 11) is 0. The third kappa shape index (κ3) is 4.66. The number of hydrogen-bond acceptors (Lipinski definition) is 2. The molecule has 0 radical (unpaired) electrons. The first-order valence-corrected chi connectivity index (χ1v) is 8.28. The molecule has 1 heterocycles. The van der Waals surface area contributed by atoms with Gasteiger partial charge < -0.3 is 5.32 Å². The SMILES string of the molecule is CC(CCNCC1CCCCS1)c1ccccc1. The van der Waals surface area contributed by atoms with Crippen molar-refractivity contribution in [2.45, 2.75) is 43.8 Å². The van der Waals surface area contributed by atoms with Gasteiger partial charge in [0, 0.05) is 11.8 Å². The predicted molar refractivity (Wildman–Crippen MR) is 82.4 cm³/mol. The van der Waals surface area contributed by atoms with Crippen LogP contribution in [0.1, 0.15) is 44.1 Å². The fourth-order valence-electron chi connectivity index (χ4n) is 2.50. The fourth-order valence-corrected chi connectivity index (χ4v) is 3.77. The van der Waals surface area contributed by atoms with Crippen molar-refractivity contribution in [3.05, 3.63) is 35.9 Å². The first-order valence-electron chi connectivity index (χ1n) is 7.23. The smallest absolute Gasteiger partial charge is 0.0172 e. The lowest BCUT2D eigenvalue weighted by Crippen LogP contribution is -2.28. The zero-order valence-corrected chi connectivity index (χ0v) is 12.2. The number of benzene rings is 1. The van der Waals surface area contributed by atoms with E-state index in [-0.39, 0.29) is 0 Å². The molecule has 1 aromatic rings. The van der Waals surface area contributed by atoms with Gasteiger partial charge in [-0.15, -0.1) is 0 Å². The molecule has 2 rings (SSSR count). The predicted octanol–water partition coefficient (Wildman–Crippen LogP) is 4.06. The molecule has 1 aliphatic rings. The lowest BCUT2D eigenvalue weighted by Gasteiger charge is -2.22. The van der Waals surface area contributed by atoms with Gasteiger partial charge >= 0.3 is 0 Å². The third-order valence-electron chi connectivity index (χ3n) is 3.77. The van der Waals surface area contributed by atoms with E-state index in [1.54, 1.807) is 0 Å². The van der Waals surface area contributed by atoms with Gasteiger partial charge in [0.1, 0.15) is 0 Å². The van der Waals surface area contributed by atoms with Crippen LogP contribution in [-0.4, -0.2) is 24.1 Å². The minimum atomic E-state index is 0.665. The zero-order valence-electron chi connectivity index (χ0n) is 11.4. The lowest BCUT2D eigenvalue weighted by molar-refractivity contribution is 0.561. The van der Waals surface area contributed by atoms with Crippen LogP contribution in [0.4, 0.5) is 0 Å². The number of hydrogen-bond donors (Lipinski definition) is 1. The van der Waals surface area contributed by atoms with Crippen LogP contribution in [0, 0.1) is 0 Å². The van der Waals surface area contributed by atoms with Crippen LogP contribution in [0.15, 0.2) is 30.3 Å². The molecule has 1 fully saturated rings. The molecule has 0 amide bonds. The van der Waals surface area contributed by atoms with Gasteiger partial charge in [-0.3, -0.25) is 0 Å². The summed E-state index contributed by atoms with van der Waals surface area (Å²) in [4.78, 5) is 0. The maximum absolute atomic E-state index is 3.63. The largest absolute Gasteiger partial charge is 0.316 e.